The second-order valence-corrected chi connectivity index (χ2v) is 6.58. The van der Waals surface area contributed by atoms with Crippen LogP contribution in [0.2, 0.25) is 0 Å². The largest absolute Gasteiger partial charge is 0.492 e. The monoisotopic (exact) mass is 354 g/mol. The predicted molar refractivity (Wildman–Crippen MR) is 104 cm³/mol. The summed E-state index contributed by atoms with van der Waals surface area (Å²) in [6.07, 6.45) is 1.09. The standard InChI is InChI=1S/C21H27N3O2/c1-2-26-20-11-7-6-10-19(20)22-21(25)24-16-14-23(15-17-24)13-12-18-8-4-3-5-9-18/h3-11H,2,12-17H2,1H3,(H,22,25)/p+1. The number of benzene rings is 2. The number of ether oxygens (including phenoxy) is 1. The highest BCUT2D eigenvalue weighted by Crippen LogP contribution is 2.23. The van der Waals surface area contributed by atoms with Gasteiger partial charge in [0.2, 0.25) is 0 Å². The van der Waals surface area contributed by atoms with Crippen molar-refractivity contribution in [1.29, 1.82) is 0 Å². The molecule has 2 aromatic rings. The Balaban J connectivity index is 1.46. The molecule has 0 bridgehead atoms. The summed E-state index contributed by atoms with van der Waals surface area (Å²) in [6.45, 7) is 7.19. The fourth-order valence-electron chi connectivity index (χ4n) is 3.29. The normalized spacial score (nSPS) is 14.9. The number of piperazine rings is 1. The lowest BCUT2D eigenvalue weighted by molar-refractivity contribution is -0.903. The predicted octanol–water partition coefficient (Wildman–Crippen LogP) is 2.06. The van der Waals surface area contributed by atoms with Crippen LogP contribution >= 0.6 is 0 Å². The van der Waals surface area contributed by atoms with Gasteiger partial charge >= 0.3 is 6.03 Å². The average Bonchev–Trinajstić information content (AvgIpc) is 2.69. The molecule has 3 rings (SSSR count). The minimum Gasteiger partial charge on any atom is -0.492 e. The summed E-state index contributed by atoms with van der Waals surface area (Å²) in [5.74, 6) is 0.718. The third-order valence-electron chi connectivity index (χ3n) is 4.80. The van der Waals surface area contributed by atoms with Gasteiger partial charge in [-0.25, -0.2) is 4.79 Å². The van der Waals surface area contributed by atoms with Crippen molar-refractivity contribution in [1.82, 2.24) is 4.90 Å². The zero-order chi connectivity index (χ0) is 18.2. The third kappa shape index (κ3) is 4.99. The highest BCUT2D eigenvalue weighted by molar-refractivity contribution is 5.91. The molecule has 0 radical (unpaired) electrons. The maximum Gasteiger partial charge on any atom is 0.322 e. The third-order valence-corrected chi connectivity index (χ3v) is 4.80. The van der Waals surface area contributed by atoms with Crippen LogP contribution in [0.4, 0.5) is 10.5 Å². The minimum absolute atomic E-state index is 0.0423. The molecule has 2 amide bonds. The van der Waals surface area contributed by atoms with Gasteiger partial charge < -0.3 is 19.9 Å². The summed E-state index contributed by atoms with van der Waals surface area (Å²) in [6, 6.07) is 18.1. The Labute approximate surface area is 155 Å². The summed E-state index contributed by atoms with van der Waals surface area (Å²) < 4.78 is 5.58. The lowest BCUT2D eigenvalue weighted by atomic mass is 10.1. The highest BCUT2D eigenvalue weighted by Gasteiger charge is 2.24. The Morgan fingerprint density at radius 2 is 1.77 bits per heavy atom. The SMILES string of the molecule is CCOc1ccccc1NC(=O)N1CC[NH+](CCc2ccccc2)CC1. The molecule has 26 heavy (non-hydrogen) atoms. The number of nitrogens with zero attached hydrogens (tertiary/aromatic N) is 1. The van der Waals surface area contributed by atoms with Crippen LogP contribution in [0.5, 0.6) is 5.75 Å². The second-order valence-electron chi connectivity index (χ2n) is 6.58. The molecule has 1 saturated heterocycles. The number of hydrogen-bond acceptors (Lipinski definition) is 2. The van der Waals surface area contributed by atoms with Crippen LogP contribution in [0.1, 0.15) is 12.5 Å². The van der Waals surface area contributed by atoms with E-state index in [1.807, 2.05) is 36.1 Å². The van der Waals surface area contributed by atoms with Gasteiger partial charge in [0.25, 0.3) is 0 Å². The lowest BCUT2D eigenvalue weighted by Crippen LogP contribution is -3.15. The van der Waals surface area contributed by atoms with Crippen LogP contribution in [0.15, 0.2) is 54.6 Å². The number of hydrogen-bond donors (Lipinski definition) is 2. The van der Waals surface area contributed by atoms with Crippen molar-refractivity contribution in [2.24, 2.45) is 0 Å². The van der Waals surface area contributed by atoms with Crippen molar-refractivity contribution in [2.75, 3.05) is 44.6 Å². The minimum atomic E-state index is -0.0423. The smallest absolute Gasteiger partial charge is 0.322 e. The van der Waals surface area contributed by atoms with Gasteiger partial charge in [-0.3, -0.25) is 0 Å². The van der Waals surface area contributed by atoms with Gasteiger partial charge in [0, 0.05) is 6.42 Å². The molecule has 0 aliphatic carbocycles. The second kappa shape index (κ2) is 9.25. The van der Waals surface area contributed by atoms with Crippen molar-refractivity contribution in [3.05, 3.63) is 60.2 Å². The van der Waals surface area contributed by atoms with Crippen LogP contribution in [-0.2, 0) is 6.42 Å². The molecule has 1 heterocycles. The number of anilines is 1. The molecule has 0 spiro atoms. The van der Waals surface area contributed by atoms with Gasteiger partial charge in [-0.1, -0.05) is 42.5 Å². The van der Waals surface area contributed by atoms with Gasteiger partial charge in [-0.15, -0.1) is 0 Å². The number of nitrogens with one attached hydrogen (secondary N) is 2. The van der Waals surface area contributed by atoms with Crippen LogP contribution in [-0.4, -0.2) is 50.3 Å². The molecule has 0 atom stereocenters. The molecule has 1 aliphatic rings. The molecule has 2 N–H and O–H groups in total. The molecule has 0 saturated carbocycles. The number of carbonyl (C=O) groups is 1. The van der Waals surface area contributed by atoms with Crippen LogP contribution < -0.4 is 15.0 Å². The van der Waals surface area contributed by atoms with E-state index in [2.05, 4.69) is 35.6 Å². The average molecular weight is 354 g/mol. The summed E-state index contributed by atoms with van der Waals surface area (Å²) in [5, 5.41) is 2.99. The maximum absolute atomic E-state index is 12.6. The number of urea groups is 1. The fourth-order valence-corrected chi connectivity index (χ4v) is 3.29. The van der Waals surface area contributed by atoms with Crippen molar-refractivity contribution >= 4 is 11.7 Å². The first-order valence-electron chi connectivity index (χ1n) is 9.41. The summed E-state index contributed by atoms with van der Waals surface area (Å²) in [7, 11) is 0. The van der Waals surface area contributed by atoms with E-state index in [1.54, 1.807) is 4.90 Å². The number of quaternary nitrogens is 1. The van der Waals surface area contributed by atoms with E-state index in [1.165, 1.54) is 5.56 Å². The molecule has 2 aromatic carbocycles. The number of rotatable bonds is 6. The zero-order valence-electron chi connectivity index (χ0n) is 15.4. The van der Waals surface area contributed by atoms with Crippen molar-refractivity contribution in [3.63, 3.8) is 0 Å². The van der Waals surface area contributed by atoms with E-state index in [-0.39, 0.29) is 6.03 Å². The van der Waals surface area contributed by atoms with Gasteiger partial charge in [-0.05, 0) is 24.6 Å². The van der Waals surface area contributed by atoms with Gasteiger partial charge in [0.1, 0.15) is 5.75 Å². The molecule has 0 unspecified atom stereocenters. The van der Waals surface area contributed by atoms with Crippen molar-refractivity contribution in [2.45, 2.75) is 13.3 Å². The van der Waals surface area contributed by atoms with Gasteiger partial charge in [0.05, 0.1) is 45.0 Å². The summed E-state index contributed by atoms with van der Waals surface area (Å²) in [5.41, 5.74) is 2.12. The van der Waals surface area contributed by atoms with E-state index < -0.39 is 0 Å². The van der Waals surface area contributed by atoms with E-state index in [0.717, 1.165) is 50.6 Å². The first-order valence-corrected chi connectivity index (χ1v) is 9.41. The first-order chi connectivity index (χ1) is 12.8. The van der Waals surface area contributed by atoms with E-state index in [0.29, 0.717) is 6.61 Å². The molecular weight excluding hydrogens is 326 g/mol. The lowest BCUT2D eigenvalue weighted by Gasteiger charge is -2.32. The summed E-state index contributed by atoms with van der Waals surface area (Å²) >= 11 is 0. The fraction of sp³-hybridized carbons (Fsp3) is 0.381. The van der Waals surface area contributed by atoms with Crippen LogP contribution in [0.3, 0.4) is 0 Å². The highest BCUT2D eigenvalue weighted by atomic mass is 16.5. The first kappa shape index (κ1) is 18.3. The Hall–Kier alpha value is -2.53. The molecule has 138 valence electrons. The van der Waals surface area contributed by atoms with Crippen LogP contribution in [0, 0.1) is 0 Å². The van der Waals surface area contributed by atoms with E-state index in [9.17, 15) is 4.79 Å². The van der Waals surface area contributed by atoms with Gasteiger partial charge in [0.15, 0.2) is 0 Å². The van der Waals surface area contributed by atoms with E-state index in [4.69, 9.17) is 4.74 Å². The van der Waals surface area contributed by atoms with Crippen LogP contribution in [0.25, 0.3) is 0 Å². The Morgan fingerprint density at radius 3 is 2.50 bits per heavy atom. The van der Waals surface area contributed by atoms with Crippen molar-refractivity contribution in [3.8, 4) is 5.75 Å². The number of amides is 2. The molecule has 1 aliphatic heterocycles. The molecule has 5 heteroatoms. The van der Waals surface area contributed by atoms with E-state index >= 15 is 0 Å². The number of para-hydroxylation sites is 2. The van der Waals surface area contributed by atoms with Gasteiger partial charge in [-0.2, -0.15) is 0 Å². The number of carbonyl (C=O) groups excluding carboxylic acids is 1. The molecule has 5 nitrogen and oxygen atoms in total. The zero-order valence-corrected chi connectivity index (χ0v) is 15.4. The quantitative estimate of drug-likeness (QED) is 0.834. The Bertz CT molecular complexity index is 697. The Kier molecular flexibility index (Phi) is 6.50. The maximum atomic E-state index is 12.6. The summed E-state index contributed by atoms with van der Waals surface area (Å²) in [4.78, 5) is 16.0. The molecular formula is C21H28N3O2+. The molecule has 1 fully saturated rings. The topological polar surface area (TPSA) is 46.0 Å². The van der Waals surface area contributed by atoms with Crippen molar-refractivity contribution < 1.29 is 14.4 Å². The Morgan fingerprint density at radius 1 is 1.08 bits per heavy atom. The molecule has 0 aromatic heterocycles.